The third kappa shape index (κ3) is 10.4. The standard InChI is InChI=1S/C24H24F9N6O6P3/c25-22(26,27)13-40-46(43-19-10-4-1-7-16(19)34)37-47(41-14-23(28,29)30,44-20-11-5-2-8-17(20)35)39-48(38-46,42-15-24(31,32)33)45-21-12-6-3-9-18(21)36/h1-12H,13-15,34-36H2. The lowest BCUT2D eigenvalue weighted by Gasteiger charge is -2.34. The molecule has 0 spiro atoms. The zero-order valence-electron chi connectivity index (χ0n) is 23.8. The largest absolute Gasteiger partial charge is 0.420 e. The summed E-state index contributed by atoms with van der Waals surface area (Å²) in [6, 6.07) is 14.9. The van der Waals surface area contributed by atoms with E-state index >= 15 is 0 Å². The summed E-state index contributed by atoms with van der Waals surface area (Å²) in [5.41, 5.74) is 16.9. The molecule has 12 nitrogen and oxygen atoms in total. The van der Waals surface area contributed by atoms with E-state index in [4.69, 9.17) is 44.3 Å². The van der Waals surface area contributed by atoms with E-state index in [9.17, 15) is 39.5 Å². The quantitative estimate of drug-likeness (QED) is 0.0925. The van der Waals surface area contributed by atoms with E-state index in [0.717, 1.165) is 18.2 Å². The Kier molecular flexibility index (Phi) is 10.9. The normalized spacial score (nSPS) is 22.9. The maximum absolute atomic E-state index is 13.7. The number of benzene rings is 3. The Morgan fingerprint density at radius 3 is 0.875 bits per heavy atom. The molecule has 0 aromatic heterocycles. The molecule has 0 unspecified atom stereocenters. The van der Waals surface area contributed by atoms with Crippen LogP contribution >= 0.6 is 23.0 Å². The van der Waals surface area contributed by atoms with E-state index in [2.05, 4.69) is 13.5 Å². The van der Waals surface area contributed by atoms with Gasteiger partial charge in [-0.25, -0.2) is 0 Å². The second-order valence-corrected chi connectivity index (χ2v) is 15.7. The lowest BCUT2D eigenvalue weighted by Crippen LogP contribution is -2.20. The minimum absolute atomic E-state index is 0.276. The van der Waals surface area contributed by atoms with Crippen molar-refractivity contribution in [3.05, 3.63) is 72.8 Å². The highest BCUT2D eigenvalue weighted by atomic mass is 31.3. The maximum atomic E-state index is 13.7. The summed E-state index contributed by atoms with van der Waals surface area (Å²) in [5, 5.41) is 0. The number of nitrogen functional groups attached to an aromatic ring is 3. The van der Waals surface area contributed by atoms with Gasteiger partial charge in [-0.3, -0.25) is 13.6 Å². The molecular weight excluding hydrogens is 732 g/mol. The summed E-state index contributed by atoms with van der Waals surface area (Å²) in [4.78, 5) is 0. The van der Waals surface area contributed by atoms with Gasteiger partial charge in [-0.2, -0.15) is 39.5 Å². The smallest absolute Gasteiger partial charge is 0.412 e. The topological polar surface area (TPSA) is 171 Å². The zero-order chi connectivity index (χ0) is 35.4. The second kappa shape index (κ2) is 14.1. The first-order valence-corrected chi connectivity index (χ1v) is 17.5. The van der Waals surface area contributed by atoms with Crippen molar-refractivity contribution in [2.75, 3.05) is 37.0 Å². The average molecular weight is 756 g/mol. The van der Waals surface area contributed by atoms with E-state index in [1.165, 1.54) is 54.6 Å². The molecule has 1 aliphatic heterocycles. The van der Waals surface area contributed by atoms with Crippen LogP contribution in [-0.4, -0.2) is 38.3 Å². The van der Waals surface area contributed by atoms with Crippen LogP contribution in [0.25, 0.3) is 0 Å². The summed E-state index contributed by atoms with van der Waals surface area (Å²) in [6.07, 6.45) is -15.6. The minimum atomic E-state index is -5.31. The molecule has 0 bridgehead atoms. The predicted octanol–water partition coefficient (Wildman–Crippen LogP) is 9.56. The van der Waals surface area contributed by atoms with Crippen LogP contribution in [0.1, 0.15) is 0 Å². The SMILES string of the molecule is Nc1ccccc1OP1(OCC(F)(F)F)=NP(OCC(F)(F)F)(Oc2ccccc2N)=NP(OCC(F)(F)F)(Oc2ccccc2N)=N1. The molecule has 264 valence electrons. The van der Waals surface area contributed by atoms with Gasteiger partial charge in [0.2, 0.25) is 0 Å². The third-order valence-corrected chi connectivity index (χ3v) is 13.4. The summed E-state index contributed by atoms with van der Waals surface area (Å²) in [7, 11) is -15.9. The Bertz CT molecular complexity index is 1570. The van der Waals surface area contributed by atoms with Crippen LogP contribution in [0.2, 0.25) is 0 Å². The van der Waals surface area contributed by atoms with E-state index in [1.807, 2.05) is 0 Å². The Labute approximate surface area is 266 Å². The summed E-state index contributed by atoms with van der Waals surface area (Å²) < 4.78 is 167. The highest BCUT2D eigenvalue weighted by Crippen LogP contribution is 2.80. The number of rotatable bonds is 12. The second-order valence-electron chi connectivity index (χ2n) is 9.29. The van der Waals surface area contributed by atoms with Crippen LogP contribution in [0.3, 0.4) is 0 Å². The first-order valence-electron chi connectivity index (χ1n) is 12.9. The first kappa shape index (κ1) is 37.2. The summed E-state index contributed by atoms with van der Waals surface area (Å²) >= 11 is 0. The van der Waals surface area contributed by atoms with Gasteiger partial charge in [-0.15, -0.1) is 13.5 Å². The summed E-state index contributed by atoms with van der Waals surface area (Å²) in [5.74, 6) is -1.49. The Hall–Kier alpha value is -3.60. The number of nitrogens with two attached hydrogens (primary N) is 3. The van der Waals surface area contributed by atoms with Crippen molar-refractivity contribution in [3.8, 4) is 17.2 Å². The van der Waals surface area contributed by atoms with Crippen molar-refractivity contribution in [1.29, 1.82) is 0 Å². The Balaban J connectivity index is 2.14. The molecule has 0 aliphatic carbocycles. The van der Waals surface area contributed by atoms with Crippen molar-refractivity contribution in [2.45, 2.75) is 18.5 Å². The highest BCUT2D eigenvalue weighted by molar-refractivity contribution is 7.78. The number of hydrogen-bond acceptors (Lipinski definition) is 12. The van der Waals surface area contributed by atoms with Crippen LogP contribution < -0.4 is 30.8 Å². The lowest BCUT2D eigenvalue weighted by molar-refractivity contribution is -0.153. The molecule has 6 N–H and O–H groups in total. The molecule has 1 heterocycles. The predicted molar refractivity (Wildman–Crippen MR) is 159 cm³/mol. The zero-order valence-corrected chi connectivity index (χ0v) is 26.5. The number of nitrogens with zero attached hydrogens (tertiary/aromatic N) is 3. The number of alkyl halides is 9. The fourth-order valence-corrected chi connectivity index (χ4v) is 12.7. The first-order chi connectivity index (χ1) is 22.2. The molecule has 0 fully saturated rings. The van der Waals surface area contributed by atoms with Gasteiger partial charge in [0.15, 0.2) is 37.1 Å². The van der Waals surface area contributed by atoms with Gasteiger partial charge < -0.3 is 30.8 Å². The van der Waals surface area contributed by atoms with Crippen LogP contribution in [0.5, 0.6) is 17.2 Å². The maximum Gasteiger partial charge on any atom is 0.412 e. The molecule has 1 aliphatic rings. The number of hydrogen-bond donors (Lipinski definition) is 3. The molecule has 0 saturated carbocycles. The molecule has 24 heteroatoms. The molecule has 0 radical (unpaired) electrons. The molecule has 4 rings (SSSR count). The van der Waals surface area contributed by atoms with Crippen molar-refractivity contribution in [1.82, 2.24) is 0 Å². The van der Waals surface area contributed by atoms with Gasteiger partial charge in [0, 0.05) is 0 Å². The monoisotopic (exact) mass is 756 g/mol. The third-order valence-electron chi connectivity index (χ3n) is 5.28. The van der Waals surface area contributed by atoms with Crippen LogP contribution in [0.4, 0.5) is 56.6 Å². The molecule has 0 atom stereocenters. The van der Waals surface area contributed by atoms with Crippen molar-refractivity contribution < 1.29 is 66.7 Å². The molecule has 0 saturated heterocycles. The van der Waals surface area contributed by atoms with Gasteiger partial charge in [0.05, 0.1) is 17.1 Å². The van der Waals surface area contributed by atoms with Gasteiger partial charge in [0.1, 0.15) is 0 Å². The van der Waals surface area contributed by atoms with Crippen molar-refractivity contribution in [2.24, 2.45) is 13.5 Å². The fraction of sp³-hybridized carbons (Fsp3) is 0.250. The molecule has 48 heavy (non-hydrogen) atoms. The van der Waals surface area contributed by atoms with E-state index in [1.54, 1.807) is 0 Å². The fourth-order valence-electron chi connectivity index (χ4n) is 3.37. The van der Waals surface area contributed by atoms with Crippen molar-refractivity contribution >= 4 is 40.0 Å². The number of halogens is 9. The Morgan fingerprint density at radius 2 is 0.667 bits per heavy atom. The van der Waals surface area contributed by atoms with E-state index in [0.29, 0.717) is 0 Å². The average Bonchev–Trinajstić information content (AvgIpc) is 2.97. The van der Waals surface area contributed by atoms with Crippen LogP contribution in [-0.2, 0) is 13.6 Å². The highest BCUT2D eigenvalue weighted by Gasteiger charge is 2.50. The van der Waals surface area contributed by atoms with E-state index in [-0.39, 0.29) is 17.1 Å². The molecular formula is C24H24F9N6O6P3. The lowest BCUT2D eigenvalue weighted by atomic mass is 10.3. The molecule has 3 aromatic rings. The summed E-state index contributed by atoms with van der Waals surface area (Å²) in [6.45, 7) is -6.75. The number of para-hydroxylation sites is 6. The number of anilines is 3. The van der Waals surface area contributed by atoms with Crippen LogP contribution in [0.15, 0.2) is 86.3 Å². The minimum Gasteiger partial charge on any atom is -0.420 e. The van der Waals surface area contributed by atoms with E-state index < -0.39 is 78.6 Å². The van der Waals surface area contributed by atoms with Gasteiger partial charge in [-0.05, 0) is 36.4 Å². The van der Waals surface area contributed by atoms with Crippen LogP contribution in [0, 0.1) is 0 Å². The van der Waals surface area contributed by atoms with Crippen molar-refractivity contribution in [3.63, 3.8) is 0 Å². The molecule has 0 amide bonds. The van der Waals surface area contributed by atoms with Gasteiger partial charge in [0.25, 0.3) is 0 Å². The Morgan fingerprint density at radius 1 is 0.438 bits per heavy atom. The van der Waals surface area contributed by atoms with Gasteiger partial charge in [-0.1, -0.05) is 36.4 Å². The molecule has 3 aromatic carbocycles. The van der Waals surface area contributed by atoms with Gasteiger partial charge >= 0.3 is 41.5 Å².